The van der Waals surface area contributed by atoms with Crippen LogP contribution in [0.3, 0.4) is 0 Å². The van der Waals surface area contributed by atoms with Crippen molar-refractivity contribution in [3.8, 4) is 17.3 Å². The average molecular weight is 294 g/mol. The largest absolute Gasteiger partial charge is 0.346 e. The zero-order chi connectivity index (χ0) is 15.7. The Morgan fingerprint density at radius 2 is 2.32 bits per heavy atom. The Bertz CT molecular complexity index is 885. The molecule has 3 aromatic rings. The molecular formula is C15H14N6O. The summed E-state index contributed by atoms with van der Waals surface area (Å²) >= 11 is 0. The highest BCUT2D eigenvalue weighted by atomic mass is 16.2. The summed E-state index contributed by atoms with van der Waals surface area (Å²) in [6, 6.07) is 5.65. The number of nitrogens with zero attached hydrogens (tertiary/aromatic N) is 5. The van der Waals surface area contributed by atoms with E-state index in [1.807, 2.05) is 18.3 Å². The zero-order valence-corrected chi connectivity index (χ0v) is 12.2. The maximum absolute atomic E-state index is 12.3. The number of hydrogen-bond acceptors (Lipinski definition) is 4. The van der Waals surface area contributed by atoms with Gasteiger partial charge in [-0.3, -0.25) is 4.79 Å². The van der Waals surface area contributed by atoms with Crippen molar-refractivity contribution in [2.75, 3.05) is 13.6 Å². The standard InChI is InChI=1S/C15H14N6O/c1-20(6-4-16)15(22)12-7-10(8-21(12)2)13-11-3-5-17-14(11)19-9-18-13/h3,5,7-9H,6H2,1-2H3,(H,17,18,19). The Morgan fingerprint density at radius 3 is 3.09 bits per heavy atom. The van der Waals surface area contributed by atoms with Crippen LogP contribution in [-0.4, -0.2) is 43.9 Å². The molecule has 0 radical (unpaired) electrons. The van der Waals surface area contributed by atoms with E-state index < -0.39 is 0 Å². The fourth-order valence-corrected chi connectivity index (χ4v) is 2.38. The first kappa shape index (κ1) is 13.8. The van der Waals surface area contributed by atoms with Gasteiger partial charge in [-0.2, -0.15) is 5.26 Å². The van der Waals surface area contributed by atoms with Crippen LogP contribution in [0.1, 0.15) is 10.5 Å². The molecule has 0 aliphatic carbocycles. The van der Waals surface area contributed by atoms with E-state index in [2.05, 4.69) is 15.0 Å². The van der Waals surface area contributed by atoms with E-state index in [-0.39, 0.29) is 12.5 Å². The summed E-state index contributed by atoms with van der Waals surface area (Å²) in [7, 11) is 3.40. The van der Waals surface area contributed by atoms with Gasteiger partial charge in [0.2, 0.25) is 0 Å². The van der Waals surface area contributed by atoms with Gasteiger partial charge in [-0.05, 0) is 12.1 Å². The normalized spacial score (nSPS) is 10.6. The fraction of sp³-hybridized carbons (Fsp3) is 0.200. The molecular weight excluding hydrogens is 280 g/mol. The lowest BCUT2D eigenvalue weighted by Crippen LogP contribution is -2.28. The van der Waals surface area contributed by atoms with Crippen LogP contribution in [0.25, 0.3) is 22.3 Å². The molecule has 0 atom stereocenters. The van der Waals surface area contributed by atoms with Crippen molar-refractivity contribution in [3.05, 3.63) is 36.5 Å². The third kappa shape index (κ3) is 2.20. The summed E-state index contributed by atoms with van der Waals surface area (Å²) in [5.74, 6) is -0.199. The number of aryl methyl sites for hydroxylation is 1. The van der Waals surface area contributed by atoms with Gasteiger partial charge in [-0.15, -0.1) is 0 Å². The summed E-state index contributed by atoms with van der Waals surface area (Å²) in [5.41, 5.74) is 2.87. The SMILES string of the molecule is CN(CC#N)C(=O)c1cc(-c2ncnc3[nH]ccc23)cn1C. The van der Waals surface area contributed by atoms with Crippen LogP contribution in [0.5, 0.6) is 0 Å². The minimum atomic E-state index is -0.199. The third-order valence-corrected chi connectivity index (χ3v) is 3.51. The highest BCUT2D eigenvalue weighted by Gasteiger charge is 2.18. The lowest BCUT2D eigenvalue weighted by molar-refractivity contribution is 0.0802. The lowest BCUT2D eigenvalue weighted by Gasteiger charge is -2.12. The second kappa shape index (κ2) is 5.33. The highest BCUT2D eigenvalue weighted by Crippen LogP contribution is 2.26. The number of aromatic amines is 1. The zero-order valence-electron chi connectivity index (χ0n) is 12.2. The molecule has 3 rings (SSSR count). The van der Waals surface area contributed by atoms with Crippen molar-refractivity contribution >= 4 is 16.9 Å². The van der Waals surface area contributed by atoms with Gasteiger partial charge in [-0.25, -0.2) is 9.97 Å². The molecule has 3 aromatic heterocycles. The molecule has 3 heterocycles. The topological polar surface area (TPSA) is 90.6 Å². The van der Waals surface area contributed by atoms with Crippen molar-refractivity contribution in [1.29, 1.82) is 5.26 Å². The van der Waals surface area contributed by atoms with Gasteiger partial charge in [-0.1, -0.05) is 0 Å². The Balaban J connectivity index is 2.04. The van der Waals surface area contributed by atoms with Crippen LogP contribution < -0.4 is 0 Å². The Morgan fingerprint density at radius 1 is 1.50 bits per heavy atom. The van der Waals surface area contributed by atoms with Gasteiger partial charge >= 0.3 is 0 Å². The van der Waals surface area contributed by atoms with Gasteiger partial charge in [0.25, 0.3) is 5.91 Å². The summed E-state index contributed by atoms with van der Waals surface area (Å²) < 4.78 is 1.74. The van der Waals surface area contributed by atoms with E-state index in [0.717, 1.165) is 22.3 Å². The maximum Gasteiger partial charge on any atom is 0.271 e. The lowest BCUT2D eigenvalue weighted by atomic mass is 10.1. The first-order valence-electron chi connectivity index (χ1n) is 6.69. The van der Waals surface area contributed by atoms with Gasteiger partial charge in [0.15, 0.2) is 0 Å². The molecule has 1 amide bonds. The Hall–Kier alpha value is -3.14. The van der Waals surface area contributed by atoms with Crippen molar-refractivity contribution in [3.63, 3.8) is 0 Å². The van der Waals surface area contributed by atoms with Crippen LogP contribution in [0.2, 0.25) is 0 Å². The number of rotatable bonds is 3. The molecule has 0 bridgehead atoms. The van der Waals surface area contributed by atoms with E-state index in [1.54, 1.807) is 30.9 Å². The Labute approximate surface area is 126 Å². The number of nitriles is 1. The van der Waals surface area contributed by atoms with Gasteiger partial charge < -0.3 is 14.5 Å². The number of H-pyrrole nitrogens is 1. The van der Waals surface area contributed by atoms with Crippen molar-refractivity contribution in [2.45, 2.75) is 0 Å². The molecule has 22 heavy (non-hydrogen) atoms. The molecule has 0 saturated heterocycles. The Kier molecular flexibility index (Phi) is 3.35. The minimum absolute atomic E-state index is 0.0505. The fourth-order valence-electron chi connectivity index (χ4n) is 2.38. The van der Waals surface area contributed by atoms with E-state index in [4.69, 9.17) is 5.26 Å². The number of carbonyl (C=O) groups is 1. The summed E-state index contributed by atoms with van der Waals surface area (Å²) in [4.78, 5) is 25.2. The van der Waals surface area contributed by atoms with Gasteiger partial charge in [0.1, 0.15) is 24.2 Å². The van der Waals surface area contributed by atoms with E-state index in [9.17, 15) is 4.79 Å². The molecule has 0 saturated carbocycles. The second-order valence-electron chi connectivity index (χ2n) is 5.01. The monoisotopic (exact) mass is 294 g/mol. The molecule has 0 aliphatic heterocycles. The first-order valence-corrected chi connectivity index (χ1v) is 6.69. The predicted molar refractivity (Wildman–Crippen MR) is 80.9 cm³/mol. The predicted octanol–water partition coefficient (Wildman–Crippen LogP) is 1.56. The molecule has 7 nitrogen and oxygen atoms in total. The molecule has 110 valence electrons. The quantitative estimate of drug-likeness (QED) is 0.742. The molecule has 1 N–H and O–H groups in total. The second-order valence-corrected chi connectivity index (χ2v) is 5.01. The smallest absolute Gasteiger partial charge is 0.271 e. The first-order chi connectivity index (χ1) is 10.6. The van der Waals surface area contributed by atoms with Crippen LogP contribution in [0.4, 0.5) is 0 Å². The summed E-state index contributed by atoms with van der Waals surface area (Å²) in [6.45, 7) is 0.0505. The summed E-state index contributed by atoms with van der Waals surface area (Å²) in [5, 5.41) is 9.61. The summed E-state index contributed by atoms with van der Waals surface area (Å²) in [6.07, 6.45) is 5.14. The number of fused-ring (bicyclic) bond motifs is 1. The minimum Gasteiger partial charge on any atom is -0.346 e. The van der Waals surface area contributed by atoms with Gasteiger partial charge in [0, 0.05) is 37.4 Å². The van der Waals surface area contributed by atoms with Crippen molar-refractivity contribution < 1.29 is 4.79 Å². The van der Waals surface area contributed by atoms with Crippen molar-refractivity contribution in [1.82, 2.24) is 24.4 Å². The van der Waals surface area contributed by atoms with Crippen LogP contribution in [0, 0.1) is 11.3 Å². The molecule has 0 fully saturated rings. The van der Waals surface area contributed by atoms with Crippen molar-refractivity contribution in [2.24, 2.45) is 7.05 Å². The molecule has 0 aromatic carbocycles. The number of carbonyl (C=O) groups excluding carboxylic acids is 1. The molecule has 0 spiro atoms. The van der Waals surface area contributed by atoms with Gasteiger partial charge in [0.05, 0.1) is 11.8 Å². The molecule has 7 heteroatoms. The molecule has 0 aliphatic rings. The maximum atomic E-state index is 12.3. The van der Waals surface area contributed by atoms with Crippen LogP contribution in [0.15, 0.2) is 30.9 Å². The highest BCUT2D eigenvalue weighted by molar-refractivity contribution is 5.96. The molecule has 0 unspecified atom stereocenters. The number of aromatic nitrogens is 4. The number of nitrogens with one attached hydrogen (secondary N) is 1. The van der Waals surface area contributed by atoms with Crippen LogP contribution >= 0.6 is 0 Å². The third-order valence-electron chi connectivity index (χ3n) is 3.51. The van der Waals surface area contributed by atoms with E-state index in [0.29, 0.717) is 5.69 Å². The number of hydrogen-bond donors (Lipinski definition) is 1. The number of amides is 1. The average Bonchev–Trinajstić information content (AvgIpc) is 3.12. The van der Waals surface area contributed by atoms with E-state index >= 15 is 0 Å². The van der Waals surface area contributed by atoms with E-state index in [1.165, 1.54) is 11.2 Å². The van der Waals surface area contributed by atoms with Crippen LogP contribution in [-0.2, 0) is 7.05 Å².